The Kier molecular flexibility index (Phi) is 4.49. The number of carbonyl (C=O) groups excluding carboxylic acids is 1. The van der Waals surface area contributed by atoms with E-state index < -0.39 is 12.5 Å². The number of rotatable bonds is 3. The van der Waals surface area contributed by atoms with Gasteiger partial charge in [0, 0.05) is 0 Å². The molecule has 1 N–H and O–H groups in total. The maximum Gasteiger partial charge on any atom is 0.323 e. The molecule has 6 heteroatoms. The molecule has 2 rings (SSSR count). The second-order valence-electron chi connectivity index (χ2n) is 4.95. The zero-order chi connectivity index (χ0) is 15.7. The van der Waals surface area contributed by atoms with Crippen LogP contribution >= 0.6 is 24.0 Å². The van der Waals surface area contributed by atoms with Crippen molar-refractivity contribution in [3.63, 3.8) is 0 Å². The molecule has 1 aromatic rings. The summed E-state index contributed by atoms with van der Waals surface area (Å²) in [7, 11) is 0. The molecule has 21 heavy (non-hydrogen) atoms. The molecule has 1 amide bonds. The fourth-order valence-corrected chi connectivity index (χ4v) is 3.30. The molecule has 0 unspecified atom stereocenters. The lowest BCUT2D eigenvalue weighted by molar-refractivity contribution is -0.140. The van der Waals surface area contributed by atoms with Crippen molar-refractivity contribution in [2.75, 3.05) is 6.54 Å². The average Bonchev–Trinajstić information content (AvgIpc) is 2.63. The van der Waals surface area contributed by atoms with Crippen LogP contribution in [0.4, 0.5) is 0 Å². The van der Waals surface area contributed by atoms with E-state index in [2.05, 4.69) is 6.07 Å². The third-order valence-corrected chi connectivity index (χ3v) is 4.71. The second kappa shape index (κ2) is 5.99. The third kappa shape index (κ3) is 3.33. The van der Waals surface area contributed by atoms with Gasteiger partial charge in [0.2, 0.25) is 0 Å². The highest BCUT2D eigenvalue weighted by Gasteiger charge is 2.33. The molecule has 0 radical (unpaired) electrons. The van der Waals surface area contributed by atoms with Crippen LogP contribution in [0.15, 0.2) is 17.0 Å². The zero-order valence-electron chi connectivity index (χ0n) is 12.0. The highest BCUT2D eigenvalue weighted by atomic mass is 32.2. The number of aliphatic carboxylic acids is 1. The number of nitrogens with zero attached hydrogens (tertiary/aromatic N) is 1. The van der Waals surface area contributed by atoms with E-state index in [0.29, 0.717) is 4.91 Å². The number of carbonyl (C=O) groups is 2. The van der Waals surface area contributed by atoms with Gasteiger partial charge in [-0.3, -0.25) is 14.5 Å². The first-order valence-electron chi connectivity index (χ1n) is 6.34. The molecule has 110 valence electrons. The van der Waals surface area contributed by atoms with E-state index in [1.54, 1.807) is 6.08 Å². The van der Waals surface area contributed by atoms with Gasteiger partial charge >= 0.3 is 5.97 Å². The fourth-order valence-electron chi connectivity index (χ4n) is 2.05. The molecule has 1 aromatic carbocycles. The minimum absolute atomic E-state index is 0.287. The van der Waals surface area contributed by atoms with Crippen molar-refractivity contribution < 1.29 is 14.7 Å². The predicted molar refractivity (Wildman–Crippen MR) is 88.2 cm³/mol. The first kappa shape index (κ1) is 15.7. The minimum Gasteiger partial charge on any atom is -0.480 e. The lowest BCUT2D eigenvalue weighted by Gasteiger charge is -2.10. The largest absolute Gasteiger partial charge is 0.480 e. The summed E-state index contributed by atoms with van der Waals surface area (Å²) in [5.41, 5.74) is 4.37. The van der Waals surface area contributed by atoms with Crippen molar-refractivity contribution >= 4 is 46.3 Å². The normalized spacial score (nSPS) is 16.9. The van der Waals surface area contributed by atoms with Crippen molar-refractivity contribution in [2.45, 2.75) is 20.8 Å². The number of carboxylic acid groups (broad SMARTS) is 1. The number of thioether (sulfide) groups is 1. The van der Waals surface area contributed by atoms with E-state index in [9.17, 15) is 9.59 Å². The van der Waals surface area contributed by atoms with E-state index in [1.165, 1.54) is 5.56 Å². The molecule has 0 bridgehead atoms. The number of hydrogen-bond acceptors (Lipinski definition) is 4. The van der Waals surface area contributed by atoms with Gasteiger partial charge in [-0.1, -0.05) is 36.1 Å². The summed E-state index contributed by atoms with van der Waals surface area (Å²) in [4.78, 5) is 24.6. The Bertz CT molecular complexity index is 680. The van der Waals surface area contributed by atoms with Crippen LogP contribution in [0.1, 0.15) is 22.3 Å². The van der Waals surface area contributed by atoms with Crippen molar-refractivity contribution in [3.8, 4) is 0 Å². The maximum atomic E-state index is 12.2. The average molecular weight is 321 g/mol. The van der Waals surface area contributed by atoms with E-state index >= 15 is 0 Å². The first-order chi connectivity index (χ1) is 9.79. The van der Waals surface area contributed by atoms with Crippen LogP contribution in [0.25, 0.3) is 6.08 Å². The van der Waals surface area contributed by atoms with E-state index in [1.807, 2.05) is 26.8 Å². The quantitative estimate of drug-likeness (QED) is 0.685. The van der Waals surface area contributed by atoms with Crippen molar-refractivity contribution in [3.05, 3.63) is 39.3 Å². The van der Waals surface area contributed by atoms with Gasteiger partial charge in [-0.15, -0.1) is 0 Å². The summed E-state index contributed by atoms with van der Waals surface area (Å²) in [5.74, 6) is -1.42. The van der Waals surface area contributed by atoms with Crippen molar-refractivity contribution in [1.29, 1.82) is 0 Å². The van der Waals surface area contributed by atoms with E-state index in [-0.39, 0.29) is 10.2 Å². The Hall–Kier alpha value is -1.66. The smallest absolute Gasteiger partial charge is 0.323 e. The summed E-state index contributed by atoms with van der Waals surface area (Å²) in [6, 6.07) is 4.09. The summed E-state index contributed by atoms with van der Waals surface area (Å²) < 4.78 is 0.287. The first-order valence-corrected chi connectivity index (χ1v) is 7.57. The van der Waals surface area contributed by atoms with Gasteiger partial charge in [-0.05, 0) is 49.1 Å². The second-order valence-corrected chi connectivity index (χ2v) is 6.63. The third-order valence-electron chi connectivity index (χ3n) is 3.34. The highest BCUT2D eigenvalue weighted by Crippen LogP contribution is 2.33. The van der Waals surface area contributed by atoms with Gasteiger partial charge in [0.05, 0.1) is 4.91 Å². The van der Waals surface area contributed by atoms with Crippen molar-refractivity contribution in [1.82, 2.24) is 4.90 Å². The molecule has 1 aliphatic heterocycles. The number of hydrogen-bond donors (Lipinski definition) is 1. The van der Waals surface area contributed by atoms with Crippen LogP contribution < -0.4 is 0 Å². The Labute approximate surface area is 132 Å². The lowest BCUT2D eigenvalue weighted by atomic mass is 10.0. The Morgan fingerprint density at radius 2 is 1.90 bits per heavy atom. The van der Waals surface area contributed by atoms with Crippen molar-refractivity contribution in [2.24, 2.45) is 0 Å². The van der Waals surface area contributed by atoms with Crippen LogP contribution in [-0.4, -0.2) is 32.7 Å². The molecule has 0 atom stereocenters. The highest BCUT2D eigenvalue weighted by molar-refractivity contribution is 8.26. The number of benzene rings is 1. The SMILES string of the molecule is Cc1cc(C)c(C=C2SC(=S)N(CC(=O)O)C2=O)cc1C. The Balaban J connectivity index is 2.35. The number of aryl methyl sites for hydroxylation is 3. The summed E-state index contributed by atoms with van der Waals surface area (Å²) in [6.45, 7) is 5.64. The number of thiocarbonyl (C=S) groups is 1. The Morgan fingerprint density at radius 3 is 2.52 bits per heavy atom. The van der Waals surface area contributed by atoms with Gasteiger partial charge < -0.3 is 5.11 Å². The molecule has 1 fully saturated rings. The van der Waals surface area contributed by atoms with Gasteiger partial charge in [0.15, 0.2) is 0 Å². The van der Waals surface area contributed by atoms with Gasteiger partial charge in [-0.25, -0.2) is 0 Å². The monoisotopic (exact) mass is 321 g/mol. The van der Waals surface area contributed by atoms with Crippen LogP contribution in [0, 0.1) is 20.8 Å². The molecule has 0 aliphatic carbocycles. The van der Waals surface area contributed by atoms with Gasteiger partial charge in [0.25, 0.3) is 5.91 Å². The molecular formula is C15H15NO3S2. The molecule has 1 aliphatic rings. The summed E-state index contributed by atoms with van der Waals surface area (Å²) >= 11 is 6.22. The number of amides is 1. The van der Waals surface area contributed by atoms with Crippen LogP contribution in [0.5, 0.6) is 0 Å². The topological polar surface area (TPSA) is 57.6 Å². The van der Waals surface area contributed by atoms with Gasteiger partial charge in [-0.2, -0.15) is 0 Å². The van der Waals surface area contributed by atoms with Crippen LogP contribution in [0.3, 0.4) is 0 Å². The molecule has 0 saturated carbocycles. The lowest BCUT2D eigenvalue weighted by Crippen LogP contribution is -2.33. The molecule has 0 aromatic heterocycles. The minimum atomic E-state index is -1.07. The molecule has 1 saturated heterocycles. The predicted octanol–water partition coefficient (Wildman–Crippen LogP) is 2.90. The maximum absolute atomic E-state index is 12.2. The molecule has 4 nitrogen and oxygen atoms in total. The molecular weight excluding hydrogens is 306 g/mol. The fraction of sp³-hybridized carbons (Fsp3) is 0.267. The van der Waals surface area contributed by atoms with Crippen LogP contribution in [0.2, 0.25) is 0 Å². The number of carboxylic acids is 1. The van der Waals surface area contributed by atoms with E-state index in [4.69, 9.17) is 17.3 Å². The molecule has 0 spiro atoms. The standard InChI is InChI=1S/C15H15NO3S2/c1-8-4-10(3)11(5-9(8)2)6-12-14(19)16(7-13(17)18)15(20)21-12/h4-6H,7H2,1-3H3,(H,17,18). The summed E-state index contributed by atoms with van der Waals surface area (Å²) in [5, 5.41) is 8.81. The molecule has 1 heterocycles. The Morgan fingerprint density at radius 1 is 1.29 bits per heavy atom. The van der Waals surface area contributed by atoms with E-state index in [0.717, 1.165) is 33.4 Å². The summed E-state index contributed by atoms with van der Waals surface area (Å²) in [6.07, 6.45) is 1.78. The van der Waals surface area contributed by atoms with Crippen LogP contribution in [-0.2, 0) is 9.59 Å². The van der Waals surface area contributed by atoms with Gasteiger partial charge in [0.1, 0.15) is 10.9 Å². The zero-order valence-corrected chi connectivity index (χ0v) is 13.6.